The molecule has 1 saturated heterocycles. The second-order valence-corrected chi connectivity index (χ2v) is 7.19. The maximum absolute atomic E-state index is 5.54. The molecule has 26 heavy (non-hydrogen) atoms. The van der Waals surface area contributed by atoms with Gasteiger partial charge in [-0.05, 0) is 31.5 Å². The summed E-state index contributed by atoms with van der Waals surface area (Å²) in [6, 6.07) is 12.7. The molecule has 5 heteroatoms. The number of hydrogen-bond donors (Lipinski definition) is 0. The van der Waals surface area contributed by atoms with Crippen LogP contribution >= 0.6 is 0 Å². The Balaban J connectivity index is 1.52. The van der Waals surface area contributed by atoms with E-state index in [9.17, 15) is 0 Å². The van der Waals surface area contributed by atoms with Gasteiger partial charge in [-0.1, -0.05) is 18.2 Å². The van der Waals surface area contributed by atoms with E-state index in [1.165, 1.54) is 16.8 Å². The smallest absolute Gasteiger partial charge is 0.132 e. The van der Waals surface area contributed by atoms with Gasteiger partial charge in [-0.3, -0.25) is 4.98 Å². The topological polar surface area (TPSA) is 51.1 Å². The zero-order chi connectivity index (χ0) is 17.5. The molecule has 0 bridgehead atoms. The first kappa shape index (κ1) is 15.7. The number of nitrogens with zero attached hydrogens (tertiary/aromatic N) is 4. The molecule has 2 aliphatic rings. The molecular weight excluding hydrogens is 324 g/mol. The lowest BCUT2D eigenvalue weighted by molar-refractivity contribution is 0.123. The predicted molar refractivity (Wildman–Crippen MR) is 102 cm³/mol. The van der Waals surface area contributed by atoms with E-state index >= 15 is 0 Å². The second kappa shape index (κ2) is 6.32. The molecule has 1 aliphatic heterocycles. The first-order valence-electron chi connectivity index (χ1n) is 9.31. The predicted octanol–water partition coefficient (Wildman–Crippen LogP) is 3.44. The van der Waals surface area contributed by atoms with Crippen molar-refractivity contribution in [1.29, 1.82) is 0 Å². The third-order valence-electron chi connectivity index (χ3n) is 5.38. The number of para-hydroxylation sites is 1. The van der Waals surface area contributed by atoms with Crippen molar-refractivity contribution in [1.82, 2.24) is 15.0 Å². The summed E-state index contributed by atoms with van der Waals surface area (Å²) in [7, 11) is 0. The summed E-state index contributed by atoms with van der Waals surface area (Å²) in [5.41, 5.74) is 4.55. The molecule has 3 aromatic rings. The normalized spacial score (nSPS) is 22.6. The Kier molecular flexibility index (Phi) is 3.82. The standard InChI is InChI=1S/C21H22N4O/c1-14-6-7-22-21(23-14)17-12-16(17)19-13-20(25-8-10-26-11-9-25)15-4-2-3-5-18(15)24-19/h2-7,13,16-17H,8-12H2,1H3/t16-,17-/m0/s1. The number of hydrogen-bond acceptors (Lipinski definition) is 5. The van der Waals surface area contributed by atoms with Gasteiger partial charge in [-0.15, -0.1) is 0 Å². The highest BCUT2D eigenvalue weighted by Gasteiger charge is 2.43. The fourth-order valence-electron chi connectivity index (χ4n) is 3.89. The third kappa shape index (κ3) is 2.82. The number of aryl methyl sites for hydroxylation is 1. The summed E-state index contributed by atoms with van der Waals surface area (Å²) in [6.45, 7) is 5.46. The van der Waals surface area contributed by atoms with E-state index < -0.39 is 0 Å². The summed E-state index contributed by atoms with van der Waals surface area (Å²) in [5, 5.41) is 1.22. The number of fused-ring (bicyclic) bond motifs is 1. The van der Waals surface area contributed by atoms with Gasteiger partial charge in [0, 0.05) is 53.6 Å². The van der Waals surface area contributed by atoms with Gasteiger partial charge in [0.15, 0.2) is 0 Å². The quantitative estimate of drug-likeness (QED) is 0.727. The highest BCUT2D eigenvalue weighted by molar-refractivity contribution is 5.92. The van der Waals surface area contributed by atoms with Crippen LogP contribution in [0.5, 0.6) is 0 Å². The van der Waals surface area contributed by atoms with Crippen LogP contribution in [0, 0.1) is 6.92 Å². The number of aromatic nitrogens is 3. The second-order valence-electron chi connectivity index (χ2n) is 7.19. The zero-order valence-corrected chi connectivity index (χ0v) is 14.9. The van der Waals surface area contributed by atoms with Crippen molar-refractivity contribution in [2.45, 2.75) is 25.2 Å². The average Bonchev–Trinajstić information content (AvgIpc) is 3.49. The fourth-order valence-corrected chi connectivity index (χ4v) is 3.89. The van der Waals surface area contributed by atoms with E-state index in [-0.39, 0.29) is 0 Å². The Morgan fingerprint density at radius 2 is 1.88 bits per heavy atom. The molecule has 132 valence electrons. The minimum atomic E-state index is 0.390. The molecule has 2 aromatic heterocycles. The summed E-state index contributed by atoms with van der Waals surface area (Å²) in [5.74, 6) is 1.76. The van der Waals surface area contributed by atoms with E-state index in [2.05, 4.69) is 45.2 Å². The molecule has 0 unspecified atom stereocenters. The highest BCUT2D eigenvalue weighted by Crippen LogP contribution is 2.53. The molecule has 5 rings (SSSR count). The van der Waals surface area contributed by atoms with Crippen LogP contribution < -0.4 is 4.90 Å². The average molecular weight is 346 g/mol. The highest BCUT2D eigenvalue weighted by atomic mass is 16.5. The van der Waals surface area contributed by atoms with Crippen molar-refractivity contribution in [2.24, 2.45) is 0 Å². The van der Waals surface area contributed by atoms with Gasteiger partial charge in [0.1, 0.15) is 5.82 Å². The van der Waals surface area contributed by atoms with E-state index in [4.69, 9.17) is 9.72 Å². The summed E-state index contributed by atoms with van der Waals surface area (Å²) < 4.78 is 5.54. The van der Waals surface area contributed by atoms with Crippen LogP contribution in [-0.2, 0) is 4.74 Å². The first-order valence-corrected chi connectivity index (χ1v) is 9.31. The van der Waals surface area contributed by atoms with Gasteiger partial charge in [-0.25, -0.2) is 9.97 Å². The Morgan fingerprint density at radius 1 is 1.04 bits per heavy atom. The number of morpholine rings is 1. The Bertz CT molecular complexity index is 952. The van der Waals surface area contributed by atoms with Crippen molar-refractivity contribution >= 4 is 16.6 Å². The van der Waals surface area contributed by atoms with E-state index in [1.807, 2.05) is 19.2 Å². The van der Waals surface area contributed by atoms with Crippen LogP contribution in [0.4, 0.5) is 5.69 Å². The molecular formula is C21H22N4O. The van der Waals surface area contributed by atoms with E-state index in [0.717, 1.165) is 49.8 Å². The number of pyridine rings is 1. The van der Waals surface area contributed by atoms with Crippen molar-refractivity contribution in [3.05, 3.63) is 59.8 Å². The van der Waals surface area contributed by atoms with Crippen LogP contribution in [0.2, 0.25) is 0 Å². The molecule has 0 N–H and O–H groups in total. The Hall–Kier alpha value is -2.53. The SMILES string of the molecule is Cc1ccnc([C@H]2C[C@@H]2c2cc(N3CCOCC3)c3ccccc3n2)n1. The lowest BCUT2D eigenvalue weighted by atomic mass is 10.1. The minimum absolute atomic E-state index is 0.390. The van der Waals surface area contributed by atoms with Gasteiger partial charge in [-0.2, -0.15) is 0 Å². The zero-order valence-electron chi connectivity index (χ0n) is 14.9. The number of ether oxygens (including phenoxy) is 1. The van der Waals surface area contributed by atoms with Crippen molar-refractivity contribution in [3.63, 3.8) is 0 Å². The van der Waals surface area contributed by atoms with Crippen LogP contribution in [0.15, 0.2) is 42.6 Å². The molecule has 2 atom stereocenters. The summed E-state index contributed by atoms with van der Waals surface area (Å²) >= 11 is 0. The largest absolute Gasteiger partial charge is 0.378 e. The molecule has 3 heterocycles. The van der Waals surface area contributed by atoms with Crippen molar-refractivity contribution < 1.29 is 4.74 Å². The van der Waals surface area contributed by atoms with Crippen LogP contribution in [-0.4, -0.2) is 41.3 Å². The lowest BCUT2D eigenvalue weighted by Gasteiger charge is -2.30. The van der Waals surface area contributed by atoms with Crippen LogP contribution in [0.25, 0.3) is 10.9 Å². The van der Waals surface area contributed by atoms with Gasteiger partial charge in [0.2, 0.25) is 0 Å². The number of anilines is 1. The van der Waals surface area contributed by atoms with Gasteiger partial charge in [0.05, 0.1) is 18.7 Å². The Labute approximate surface area is 153 Å². The van der Waals surface area contributed by atoms with E-state index in [0.29, 0.717) is 11.8 Å². The van der Waals surface area contributed by atoms with Gasteiger partial charge >= 0.3 is 0 Å². The maximum Gasteiger partial charge on any atom is 0.132 e. The summed E-state index contributed by atoms with van der Waals surface area (Å²) in [4.78, 5) is 16.5. The lowest BCUT2D eigenvalue weighted by Crippen LogP contribution is -2.36. The third-order valence-corrected chi connectivity index (χ3v) is 5.38. The molecule has 1 saturated carbocycles. The molecule has 0 spiro atoms. The van der Waals surface area contributed by atoms with Gasteiger partial charge < -0.3 is 9.64 Å². The van der Waals surface area contributed by atoms with Crippen molar-refractivity contribution in [3.8, 4) is 0 Å². The molecule has 0 amide bonds. The summed E-state index contributed by atoms with van der Waals surface area (Å²) in [6.07, 6.45) is 2.94. The van der Waals surface area contributed by atoms with Crippen molar-refractivity contribution in [2.75, 3.05) is 31.2 Å². The monoisotopic (exact) mass is 346 g/mol. The number of rotatable bonds is 3. The molecule has 5 nitrogen and oxygen atoms in total. The first-order chi connectivity index (χ1) is 12.8. The van der Waals surface area contributed by atoms with Crippen LogP contribution in [0.1, 0.15) is 35.5 Å². The fraction of sp³-hybridized carbons (Fsp3) is 0.381. The Morgan fingerprint density at radius 3 is 2.73 bits per heavy atom. The maximum atomic E-state index is 5.54. The minimum Gasteiger partial charge on any atom is -0.378 e. The molecule has 2 fully saturated rings. The van der Waals surface area contributed by atoms with Gasteiger partial charge in [0.25, 0.3) is 0 Å². The van der Waals surface area contributed by atoms with Crippen LogP contribution in [0.3, 0.4) is 0 Å². The number of benzene rings is 1. The molecule has 0 radical (unpaired) electrons. The molecule has 1 aliphatic carbocycles. The molecule has 1 aromatic carbocycles. The van der Waals surface area contributed by atoms with E-state index in [1.54, 1.807) is 0 Å².